The Bertz CT molecular complexity index is 180. The maximum atomic E-state index is 2.22. The molecular formula is C11H21N. The maximum absolute atomic E-state index is 2.22. The molecule has 0 N–H and O–H groups in total. The second-order valence-corrected chi connectivity index (χ2v) is 4.30. The Balaban J connectivity index is 4.67. The standard InChI is InChI=1S/C11H21N/c1-7-8-10(9-12(5)6)11(2,3)4/h7-9H,1-6H3/b8-7-,10-9+. The van der Waals surface area contributed by atoms with Crippen molar-refractivity contribution < 1.29 is 0 Å². The van der Waals surface area contributed by atoms with Gasteiger partial charge < -0.3 is 4.90 Å². The Morgan fingerprint density at radius 2 is 1.67 bits per heavy atom. The van der Waals surface area contributed by atoms with Gasteiger partial charge in [-0.05, 0) is 17.9 Å². The summed E-state index contributed by atoms with van der Waals surface area (Å²) in [5, 5.41) is 0. The average Bonchev–Trinajstić information content (AvgIpc) is 1.83. The first-order chi connectivity index (χ1) is 5.38. The molecule has 0 aliphatic carbocycles. The van der Waals surface area contributed by atoms with Crippen molar-refractivity contribution in [2.75, 3.05) is 14.1 Å². The first kappa shape index (κ1) is 11.3. The summed E-state index contributed by atoms with van der Waals surface area (Å²) in [6.45, 7) is 8.72. The first-order valence-electron chi connectivity index (χ1n) is 4.39. The third kappa shape index (κ3) is 4.22. The smallest absolute Gasteiger partial charge is 0.00557 e. The molecule has 0 bridgehead atoms. The fourth-order valence-corrected chi connectivity index (χ4v) is 0.944. The monoisotopic (exact) mass is 167 g/mol. The molecule has 0 saturated carbocycles. The Morgan fingerprint density at radius 3 is 1.92 bits per heavy atom. The quantitative estimate of drug-likeness (QED) is 0.571. The summed E-state index contributed by atoms with van der Waals surface area (Å²) in [6.07, 6.45) is 6.42. The Hall–Kier alpha value is -0.720. The number of rotatable bonds is 2. The Kier molecular flexibility index (Phi) is 4.08. The zero-order valence-electron chi connectivity index (χ0n) is 9.18. The summed E-state index contributed by atoms with van der Waals surface area (Å²) >= 11 is 0. The molecule has 12 heavy (non-hydrogen) atoms. The van der Waals surface area contributed by atoms with E-state index in [0.29, 0.717) is 0 Å². The largest absolute Gasteiger partial charge is 0.383 e. The van der Waals surface area contributed by atoms with Gasteiger partial charge in [-0.15, -0.1) is 0 Å². The average molecular weight is 167 g/mol. The summed E-state index contributed by atoms with van der Waals surface area (Å²) in [5.41, 5.74) is 1.59. The fraction of sp³-hybridized carbons (Fsp3) is 0.636. The predicted octanol–water partition coefficient (Wildman–Crippen LogP) is 3.05. The van der Waals surface area contributed by atoms with E-state index in [1.54, 1.807) is 0 Å². The molecule has 0 amide bonds. The van der Waals surface area contributed by atoms with Gasteiger partial charge in [-0.25, -0.2) is 0 Å². The highest BCUT2D eigenvalue weighted by Crippen LogP contribution is 2.26. The molecule has 0 spiro atoms. The van der Waals surface area contributed by atoms with Crippen LogP contribution in [0.1, 0.15) is 27.7 Å². The van der Waals surface area contributed by atoms with Crippen LogP contribution in [0.15, 0.2) is 23.9 Å². The van der Waals surface area contributed by atoms with Crippen molar-refractivity contribution in [3.05, 3.63) is 23.9 Å². The summed E-state index contributed by atoms with van der Waals surface area (Å²) in [6, 6.07) is 0. The van der Waals surface area contributed by atoms with Crippen LogP contribution in [-0.2, 0) is 0 Å². The van der Waals surface area contributed by atoms with Crippen LogP contribution in [0.5, 0.6) is 0 Å². The Morgan fingerprint density at radius 1 is 1.17 bits per heavy atom. The minimum atomic E-state index is 0.233. The zero-order valence-corrected chi connectivity index (χ0v) is 9.18. The third-order valence-electron chi connectivity index (χ3n) is 1.61. The molecule has 0 aromatic rings. The van der Waals surface area contributed by atoms with Gasteiger partial charge in [0.15, 0.2) is 0 Å². The van der Waals surface area contributed by atoms with Crippen LogP contribution in [0.4, 0.5) is 0 Å². The van der Waals surface area contributed by atoms with Gasteiger partial charge in [0, 0.05) is 20.3 Å². The van der Waals surface area contributed by atoms with E-state index >= 15 is 0 Å². The van der Waals surface area contributed by atoms with Crippen LogP contribution in [0.3, 0.4) is 0 Å². The molecule has 0 heterocycles. The fourth-order valence-electron chi connectivity index (χ4n) is 0.944. The molecule has 0 unspecified atom stereocenters. The van der Waals surface area contributed by atoms with E-state index in [2.05, 4.69) is 65.0 Å². The second-order valence-electron chi connectivity index (χ2n) is 4.30. The lowest BCUT2D eigenvalue weighted by Crippen LogP contribution is -2.12. The van der Waals surface area contributed by atoms with E-state index in [1.807, 2.05) is 0 Å². The van der Waals surface area contributed by atoms with E-state index in [4.69, 9.17) is 0 Å². The summed E-state index contributed by atoms with van der Waals surface area (Å²) in [4.78, 5) is 2.08. The van der Waals surface area contributed by atoms with Gasteiger partial charge in [-0.2, -0.15) is 0 Å². The molecule has 0 rings (SSSR count). The van der Waals surface area contributed by atoms with Gasteiger partial charge in [0.2, 0.25) is 0 Å². The maximum Gasteiger partial charge on any atom is 0.00557 e. The van der Waals surface area contributed by atoms with Crippen molar-refractivity contribution in [2.24, 2.45) is 5.41 Å². The van der Waals surface area contributed by atoms with E-state index in [9.17, 15) is 0 Å². The molecule has 0 aromatic heterocycles. The Labute approximate surface area is 76.8 Å². The zero-order chi connectivity index (χ0) is 9.78. The van der Waals surface area contributed by atoms with Crippen molar-refractivity contribution in [1.29, 1.82) is 0 Å². The molecule has 0 aliphatic rings. The van der Waals surface area contributed by atoms with Gasteiger partial charge in [0.1, 0.15) is 0 Å². The number of hydrogen-bond acceptors (Lipinski definition) is 1. The van der Waals surface area contributed by atoms with Crippen LogP contribution in [-0.4, -0.2) is 19.0 Å². The summed E-state index contributed by atoms with van der Waals surface area (Å²) < 4.78 is 0. The van der Waals surface area contributed by atoms with E-state index in [-0.39, 0.29) is 5.41 Å². The molecule has 0 atom stereocenters. The van der Waals surface area contributed by atoms with Crippen molar-refractivity contribution in [3.63, 3.8) is 0 Å². The minimum absolute atomic E-state index is 0.233. The van der Waals surface area contributed by atoms with Gasteiger partial charge >= 0.3 is 0 Å². The van der Waals surface area contributed by atoms with Crippen molar-refractivity contribution >= 4 is 0 Å². The molecule has 0 saturated heterocycles. The van der Waals surface area contributed by atoms with Crippen molar-refractivity contribution in [3.8, 4) is 0 Å². The lowest BCUT2D eigenvalue weighted by Gasteiger charge is -2.22. The van der Waals surface area contributed by atoms with Gasteiger partial charge in [0.25, 0.3) is 0 Å². The van der Waals surface area contributed by atoms with Crippen LogP contribution in [0.2, 0.25) is 0 Å². The number of hydrogen-bond donors (Lipinski definition) is 0. The minimum Gasteiger partial charge on any atom is -0.383 e. The highest BCUT2D eigenvalue weighted by Gasteiger charge is 2.14. The molecule has 0 aromatic carbocycles. The van der Waals surface area contributed by atoms with Gasteiger partial charge in [0.05, 0.1) is 0 Å². The van der Waals surface area contributed by atoms with Crippen molar-refractivity contribution in [2.45, 2.75) is 27.7 Å². The first-order valence-corrected chi connectivity index (χ1v) is 4.39. The topological polar surface area (TPSA) is 3.24 Å². The van der Waals surface area contributed by atoms with Gasteiger partial charge in [-0.1, -0.05) is 32.9 Å². The van der Waals surface area contributed by atoms with Crippen LogP contribution in [0, 0.1) is 5.41 Å². The number of nitrogens with zero attached hydrogens (tertiary/aromatic N) is 1. The van der Waals surface area contributed by atoms with Crippen LogP contribution in [0.25, 0.3) is 0 Å². The molecule has 0 aliphatic heterocycles. The molecule has 0 fully saturated rings. The molecule has 1 heteroatoms. The SMILES string of the molecule is C/C=C\C(=C/N(C)C)C(C)(C)C. The van der Waals surface area contributed by atoms with E-state index in [1.165, 1.54) is 5.57 Å². The predicted molar refractivity (Wildman–Crippen MR) is 56.0 cm³/mol. The summed E-state index contributed by atoms with van der Waals surface area (Å²) in [5.74, 6) is 0. The highest BCUT2D eigenvalue weighted by atomic mass is 15.0. The normalized spacial score (nSPS) is 14.0. The lowest BCUT2D eigenvalue weighted by atomic mass is 9.87. The van der Waals surface area contributed by atoms with E-state index < -0.39 is 0 Å². The molecule has 0 radical (unpaired) electrons. The third-order valence-corrected chi connectivity index (χ3v) is 1.61. The van der Waals surface area contributed by atoms with Crippen LogP contribution >= 0.6 is 0 Å². The summed E-state index contributed by atoms with van der Waals surface area (Å²) in [7, 11) is 4.10. The van der Waals surface area contributed by atoms with Crippen LogP contribution < -0.4 is 0 Å². The van der Waals surface area contributed by atoms with Crippen molar-refractivity contribution in [1.82, 2.24) is 4.90 Å². The highest BCUT2D eigenvalue weighted by molar-refractivity contribution is 5.23. The molecular weight excluding hydrogens is 146 g/mol. The number of allylic oxidation sites excluding steroid dienone is 3. The lowest BCUT2D eigenvalue weighted by molar-refractivity contribution is 0.483. The van der Waals surface area contributed by atoms with Gasteiger partial charge in [-0.3, -0.25) is 0 Å². The molecule has 70 valence electrons. The van der Waals surface area contributed by atoms with E-state index in [0.717, 1.165) is 0 Å². The molecule has 1 nitrogen and oxygen atoms in total. The second kappa shape index (κ2) is 4.34.